The molecule has 0 aliphatic rings. The van der Waals surface area contributed by atoms with Crippen LogP contribution in [-0.4, -0.2) is 11.0 Å². The molecule has 0 aliphatic carbocycles. The van der Waals surface area contributed by atoms with Crippen LogP contribution in [0.15, 0.2) is 59.0 Å². The van der Waals surface area contributed by atoms with Gasteiger partial charge in [0.05, 0.1) is 0 Å². The number of hydrogen-bond donors (Lipinski definition) is 2. The Morgan fingerprint density at radius 3 is 2.45 bits per heavy atom. The van der Waals surface area contributed by atoms with E-state index in [1.807, 2.05) is 31.2 Å². The zero-order valence-electron chi connectivity index (χ0n) is 15.1. The average molecular weight is 466 g/mol. The minimum absolute atomic E-state index is 0.118. The van der Waals surface area contributed by atoms with Gasteiger partial charge in [0.2, 0.25) is 5.91 Å². The Kier molecular flexibility index (Phi) is 6.98. The number of furan rings is 1. The van der Waals surface area contributed by atoms with Crippen molar-refractivity contribution < 1.29 is 9.21 Å². The van der Waals surface area contributed by atoms with E-state index in [1.165, 1.54) is 6.08 Å². The highest BCUT2D eigenvalue weighted by atomic mass is 35.5. The van der Waals surface area contributed by atoms with Crippen LogP contribution in [0.2, 0.25) is 15.1 Å². The summed E-state index contributed by atoms with van der Waals surface area (Å²) in [6.07, 6.45) is 2.87. The van der Waals surface area contributed by atoms with Crippen LogP contribution in [0.3, 0.4) is 0 Å². The lowest BCUT2D eigenvalue weighted by Gasteiger charge is -2.08. The maximum Gasteiger partial charge on any atom is 0.250 e. The van der Waals surface area contributed by atoms with Crippen LogP contribution < -0.4 is 10.6 Å². The maximum absolute atomic E-state index is 12.1. The van der Waals surface area contributed by atoms with Crippen molar-refractivity contribution in [1.82, 2.24) is 5.32 Å². The van der Waals surface area contributed by atoms with Gasteiger partial charge in [-0.05, 0) is 67.2 Å². The monoisotopic (exact) mass is 464 g/mol. The standard InChI is InChI=1S/C21H15Cl3N2O2S/c1-12-2-3-13(8-18(12)24)19-6-4-17(28-19)5-7-20(27)26-21(29)25-16-10-14(22)9-15(23)11-16/h2-11H,1H3,(H2,25,26,27,29)/b7-5+. The Bertz CT molecular complexity index is 1090. The number of carbonyl (C=O) groups is 1. The fraction of sp³-hybridized carbons (Fsp3) is 0.0476. The first kappa shape index (κ1) is 21.4. The summed E-state index contributed by atoms with van der Waals surface area (Å²) in [5.41, 5.74) is 2.42. The largest absolute Gasteiger partial charge is 0.457 e. The van der Waals surface area contributed by atoms with Crippen LogP contribution in [-0.2, 0) is 4.79 Å². The van der Waals surface area contributed by atoms with Gasteiger partial charge in [0, 0.05) is 32.4 Å². The molecule has 3 rings (SSSR count). The summed E-state index contributed by atoms with van der Waals surface area (Å²) in [4.78, 5) is 12.1. The molecule has 0 saturated carbocycles. The number of hydrogen-bond acceptors (Lipinski definition) is 3. The number of halogens is 3. The van der Waals surface area contributed by atoms with Gasteiger partial charge >= 0.3 is 0 Å². The molecule has 2 aromatic carbocycles. The predicted molar refractivity (Wildman–Crippen MR) is 124 cm³/mol. The van der Waals surface area contributed by atoms with Crippen molar-refractivity contribution in [1.29, 1.82) is 0 Å². The van der Waals surface area contributed by atoms with E-state index >= 15 is 0 Å². The second-order valence-corrected chi connectivity index (χ2v) is 7.79. The molecular weight excluding hydrogens is 451 g/mol. The van der Waals surface area contributed by atoms with E-state index in [1.54, 1.807) is 30.3 Å². The van der Waals surface area contributed by atoms with Crippen LogP contribution in [0.25, 0.3) is 17.4 Å². The van der Waals surface area contributed by atoms with Gasteiger partial charge in [0.25, 0.3) is 0 Å². The molecule has 0 fully saturated rings. The molecular formula is C21H15Cl3N2O2S. The number of carbonyl (C=O) groups excluding carboxylic acids is 1. The Morgan fingerprint density at radius 2 is 1.76 bits per heavy atom. The fourth-order valence-corrected chi connectivity index (χ4v) is 3.37. The third kappa shape index (κ3) is 6.08. The lowest BCUT2D eigenvalue weighted by molar-refractivity contribution is -0.115. The van der Waals surface area contributed by atoms with Gasteiger partial charge in [-0.1, -0.05) is 46.9 Å². The summed E-state index contributed by atoms with van der Waals surface area (Å²) in [5.74, 6) is 0.765. The summed E-state index contributed by atoms with van der Waals surface area (Å²) in [5, 5.41) is 7.08. The molecule has 0 atom stereocenters. The average Bonchev–Trinajstić information content (AvgIpc) is 3.10. The molecule has 0 aliphatic heterocycles. The Morgan fingerprint density at radius 1 is 1.03 bits per heavy atom. The summed E-state index contributed by atoms with van der Waals surface area (Å²) < 4.78 is 5.74. The van der Waals surface area contributed by atoms with E-state index in [9.17, 15) is 4.79 Å². The van der Waals surface area contributed by atoms with Crippen molar-refractivity contribution in [3.8, 4) is 11.3 Å². The van der Waals surface area contributed by atoms with Crippen molar-refractivity contribution in [3.05, 3.63) is 81.0 Å². The molecule has 29 heavy (non-hydrogen) atoms. The summed E-state index contributed by atoms with van der Waals surface area (Å²) >= 11 is 23.1. The van der Waals surface area contributed by atoms with E-state index in [2.05, 4.69) is 10.6 Å². The Hall–Kier alpha value is -2.31. The maximum atomic E-state index is 12.1. The van der Waals surface area contributed by atoms with Crippen LogP contribution in [0.1, 0.15) is 11.3 Å². The second-order valence-electron chi connectivity index (χ2n) is 6.10. The number of rotatable bonds is 4. The van der Waals surface area contributed by atoms with Crippen molar-refractivity contribution in [2.75, 3.05) is 5.32 Å². The molecule has 0 unspecified atom stereocenters. The number of anilines is 1. The molecule has 3 aromatic rings. The molecule has 1 aromatic heterocycles. The highest BCUT2D eigenvalue weighted by Gasteiger charge is 2.07. The van der Waals surface area contributed by atoms with Gasteiger partial charge in [-0.2, -0.15) is 0 Å². The van der Waals surface area contributed by atoms with E-state index < -0.39 is 5.91 Å². The number of aryl methyl sites for hydroxylation is 1. The van der Waals surface area contributed by atoms with Crippen LogP contribution >= 0.6 is 47.0 Å². The van der Waals surface area contributed by atoms with E-state index in [0.29, 0.717) is 32.3 Å². The zero-order valence-corrected chi connectivity index (χ0v) is 18.2. The normalized spacial score (nSPS) is 10.9. The summed E-state index contributed by atoms with van der Waals surface area (Å²) in [6.45, 7) is 1.93. The number of nitrogens with one attached hydrogen (secondary N) is 2. The minimum atomic E-state index is -0.410. The number of benzene rings is 2. The van der Waals surface area contributed by atoms with E-state index in [-0.39, 0.29) is 5.11 Å². The molecule has 0 saturated heterocycles. The first-order chi connectivity index (χ1) is 13.8. The first-order valence-corrected chi connectivity index (χ1v) is 9.97. The number of thiocarbonyl (C=S) groups is 1. The topological polar surface area (TPSA) is 54.3 Å². The molecule has 1 heterocycles. The molecule has 2 N–H and O–H groups in total. The second kappa shape index (κ2) is 9.46. The Balaban J connectivity index is 1.59. The van der Waals surface area contributed by atoms with E-state index in [0.717, 1.165) is 11.1 Å². The van der Waals surface area contributed by atoms with Gasteiger partial charge < -0.3 is 9.73 Å². The molecule has 0 spiro atoms. The predicted octanol–water partition coefficient (Wildman–Crippen LogP) is 6.74. The van der Waals surface area contributed by atoms with Crippen LogP contribution in [0.4, 0.5) is 5.69 Å². The Labute approximate surface area is 188 Å². The highest BCUT2D eigenvalue weighted by Crippen LogP contribution is 2.27. The van der Waals surface area contributed by atoms with E-state index in [4.69, 9.17) is 51.4 Å². The first-order valence-electron chi connectivity index (χ1n) is 8.42. The van der Waals surface area contributed by atoms with Crippen LogP contribution in [0, 0.1) is 6.92 Å². The van der Waals surface area contributed by atoms with Gasteiger partial charge in [-0.25, -0.2) is 0 Å². The van der Waals surface area contributed by atoms with Crippen molar-refractivity contribution in [2.45, 2.75) is 6.92 Å². The smallest absolute Gasteiger partial charge is 0.250 e. The summed E-state index contributed by atoms with van der Waals surface area (Å²) in [7, 11) is 0. The third-order valence-corrected chi connectivity index (χ3v) is 4.89. The van der Waals surface area contributed by atoms with Gasteiger partial charge in [-0.15, -0.1) is 0 Å². The number of amides is 1. The molecule has 8 heteroatoms. The minimum Gasteiger partial charge on any atom is -0.457 e. The fourth-order valence-electron chi connectivity index (χ4n) is 2.44. The van der Waals surface area contributed by atoms with Crippen molar-refractivity contribution in [3.63, 3.8) is 0 Å². The van der Waals surface area contributed by atoms with Gasteiger partial charge in [-0.3, -0.25) is 10.1 Å². The lowest BCUT2D eigenvalue weighted by atomic mass is 10.1. The highest BCUT2D eigenvalue weighted by molar-refractivity contribution is 7.80. The molecule has 0 radical (unpaired) electrons. The van der Waals surface area contributed by atoms with Crippen LogP contribution in [0.5, 0.6) is 0 Å². The SMILES string of the molecule is Cc1ccc(-c2ccc(/C=C/C(=O)NC(=S)Nc3cc(Cl)cc(Cl)c3)o2)cc1Cl. The third-order valence-electron chi connectivity index (χ3n) is 3.84. The van der Waals surface area contributed by atoms with Crippen molar-refractivity contribution >= 4 is 69.8 Å². The molecule has 0 bridgehead atoms. The summed E-state index contributed by atoms with van der Waals surface area (Å²) in [6, 6.07) is 14.1. The van der Waals surface area contributed by atoms with Crippen molar-refractivity contribution in [2.24, 2.45) is 0 Å². The van der Waals surface area contributed by atoms with Gasteiger partial charge in [0.15, 0.2) is 5.11 Å². The molecule has 4 nitrogen and oxygen atoms in total. The molecule has 148 valence electrons. The quantitative estimate of drug-likeness (QED) is 0.331. The molecule has 1 amide bonds. The zero-order chi connectivity index (χ0) is 21.0. The lowest BCUT2D eigenvalue weighted by Crippen LogP contribution is -2.32. The van der Waals surface area contributed by atoms with Gasteiger partial charge in [0.1, 0.15) is 11.5 Å².